The first kappa shape index (κ1) is 25.8. The second-order valence-electron chi connectivity index (χ2n) is 6.76. The summed E-state index contributed by atoms with van der Waals surface area (Å²) < 4.78 is 16.3. The molecule has 3 N–H and O–H groups in total. The summed E-state index contributed by atoms with van der Waals surface area (Å²) in [4.78, 5) is 30.7. The summed E-state index contributed by atoms with van der Waals surface area (Å²) in [6.07, 6.45) is 5.61. The summed E-state index contributed by atoms with van der Waals surface area (Å²) in [5.74, 6) is -0.146. The minimum Gasteiger partial charge on any atom is -0.346 e. The first-order valence-corrected chi connectivity index (χ1v) is 11.3. The largest absolute Gasteiger partial charge is 0.470 e. The highest BCUT2D eigenvalue weighted by molar-refractivity contribution is 7.46. The van der Waals surface area contributed by atoms with Crippen LogP contribution >= 0.6 is 7.82 Å². The first-order valence-electron chi connectivity index (χ1n) is 9.76. The number of rotatable bonds is 11. The zero-order valence-electron chi connectivity index (χ0n) is 17.3. The van der Waals surface area contributed by atoms with Crippen LogP contribution in [-0.2, 0) is 13.9 Å². The van der Waals surface area contributed by atoms with E-state index in [1.807, 2.05) is 32.0 Å². The van der Waals surface area contributed by atoms with Gasteiger partial charge in [0.2, 0.25) is 5.91 Å². The third kappa shape index (κ3) is 11.3. The number of benzene rings is 1. The van der Waals surface area contributed by atoms with Crippen molar-refractivity contribution in [3.05, 3.63) is 35.9 Å². The highest BCUT2D eigenvalue weighted by Gasteiger charge is 2.38. The summed E-state index contributed by atoms with van der Waals surface area (Å²) in [7, 11) is -4.69. The number of amides is 1. The quantitative estimate of drug-likeness (QED) is 0.353. The molecule has 0 aliphatic heterocycles. The Hall–Kier alpha value is -1.20. The molecule has 0 aromatic heterocycles. The number of hydrogen-bond acceptors (Lipinski definition) is 3. The minimum atomic E-state index is -4.69. The molecule has 1 aromatic carbocycles. The Morgan fingerprint density at radius 1 is 1.11 bits per heavy atom. The van der Waals surface area contributed by atoms with Gasteiger partial charge in [0.15, 0.2) is 0 Å². The van der Waals surface area contributed by atoms with Crippen molar-refractivity contribution >= 4 is 13.7 Å². The molecule has 0 fully saturated rings. The van der Waals surface area contributed by atoms with Crippen LogP contribution in [0.5, 0.6) is 0 Å². The Morgan fingerprint density at radius 2 is 1.67 bits per heavy atom. The van der Waals surface area contributed by atoms with Gasteiger partial charge in [-0.3, -0.25) is 9.32 Å². The molecule has 156 valence electrons. The fourth-order valence-electron chi connectivity index (χ4n) is 2.79. The van der Waals surface area contributed by atoms with Gasteiger partial charge in [0.1, 0.15) is 0 Å². The van der Waals surface area contributed by atoms with Gasteiger partial charge in [-0.15, -0.1) is 0 Å². The van der Waals surface area contributed by atoms with Gasteiger partial charge in [-0.05, 0) is 25.8 Å². The number of phosphoric acid groups is 1. The van der Waals surface area contributed by atoms with Gasteiger partial charge in [0.05, 0.1) is 11.6 Å². The Labute approximate surface area is 164 Å². The number of carbonyl (C=O) groups is 1. The van der Waals surface area contributed by atoms with Crippen molar-refractivity contribution in [2.45, 2.75) is 84.8 Å². The van der Waals surface area contributed by atoms with Gasteiger partial charge in [-0.2, -0.15) is 0 Å². The lowest BCUT2D eigenvalue weighted by Gasteiger charge is -2.35. The number of phosphoric ester groups is 1. The SMILES string of the molecule is CC.CCCCCCCC(=O)NC(c1ccccc1)C(C)(C)OP(=O)(O)O. The van der Waals surface area contributed by atoms with Crippen molar-refractivity contribution in [3.8, 4) is 0 Å². The predicted molar refractivity (Wildman–Crippen MR) is 109 cm³/mol. The van der Waals surface area contributed by atoms with E-state index in [2.05, 4.69) is 12.2 Å². The van der Waals surface area contributed by atoms with E-state index in [9.17, 15) is 19.1 Å². The maximum absolute atomic E-state index is 12.3. The molecule has 0 heterocycles. The average Bonchev–Trinajstić information content (AvgIpc) is 2.60. The van der Waals surface area contributed by atoms with Gasteiger partial charge in [0.25, 0.3) is 0 Å². The van der Waals surface area contributed by atoms with Crippen molar-refractivity contribution in [2.24, 2.45) is 0 Å². The highest BCUT2D eigenvalue weighted by atomic mass is 31.2. The molecule has 1 unspecified atom stereocenters. The predicted octanol–water partition coefficient (Wildman–Crippen LogP) is 5.12. The van der Waals surface area contributed by atoms with Crippen molar-refractivity contribution in [1.82, 2.24) is 5.32 Å². The molecule has 6 nitrogen and oxygen atoms in total. The van der Waals surface area contributed by atoms with Crippen LogP contribution in [-0.4, -0.2) is 21.3 Å². The van der Waals surface area contributed by atoms with E-state index in [-0.39, 0.29) is 5.91 Å². The summed E-state index contributed by atoms with van der Waals surface area (Å²) in [6, 6.07) is 8.41. The maximum atomic E-state index is 12.3. The van der Waals surface area contributed by atoms with Crippen LogP contribution in [0.2, 0.25) is 0 Å². The lowest BCUT2D eigenvalue weighted by atomic mass is 9.91. The maximum Gasteiger partial charge on any atom is 0.470 e. The Morgan fingerprint density at radius 3 is 2.19 bits per heavy atom. The van der Waals surface area contributed by atoms with Crippen LogP contribution in [0.15, 0.2) is 30.3 Å². The third-order valence-corrected chi connectivity index (χ3v) is 4.70. The van der Waals surface area contributed by atoms with Crippen LogP contribution in [0.1, 0.15) is 84.7 Å². The Kier molecular flexibility index (Phi) is 12.5. The zero-order valence-corrected chi connectivity index (χ0v) is 18.2. The normalized spacial score (nSPS) is 12.7. The van der Waals surface area contributed by atoms with Crippen LogP contribution in [0.3, 0.4) is 0 Å². The second-order valence-corrected chi connectivity index (χ2v) is 7.92. The van der Waals surface area contributed by atoms with E-state index in [0.717, 1.165) is 37.7 Å². The van der Waals surface area contributed by atoms with Crippen LogP contribution in [0.4, 0.5) is 0 Å². The van der Waals surface area contributed by atoms with Gasteiger partial charge < -0.3 is 15.1 Å². The molecule has 0 saturated heterocycles. The molecule has 0 spiro atoms. The summed E-state index contributed by atoms with van der Waals surface area (Å²) in [5, 5.41) is 2.88. The number of unbranched alkanes of at least 4 members (excludes halogenated alkanes) is 4. The minimum absolute atomic E-state index is 0.146. The van der Waals surface area contributed by atoms with E-state index in [0.29, 0.717) is 6.42 Å². The van der Waals surface area contributed by atoms with Gasteiger partial charge in [-0.25, -0.2) is 4.57 Å². The van der Waals surface area contributed by atoms with Crippen molar-refractivity contribution in [3.63, 3.8) is 0 Å². The molecule has 7 heteroatoms. The summed E-state index contributed by atoms with van der Waals surface area (Å²) in [6.45, 7) is 9.26. The van der Waals surface area contributed by atoms with E-state index in [4.69, 9.17) is 4.52 Å². The van der Waals surface area contributed by atoms with Crippen molar-refractivity contribution < 1.29 is 23.7 Å². The summed E-state index contributed by atoms with van der Waals surface area (Å²) >= 11 is 0. The molecule has 0 aliphatic carbocycles. The number of carbonyl (C=O) groups excluding carboxylic acids is 1. The van der Waals surface area contributed by atoms with E-state index >= 15 is 0 Å². The molecule has 1 aromatic rings. The van der Waals surface area contributed by atoms with Gasteiger partial charge in [-0.1, -0.05) is 76.8 Å². The van der Waals surface area contributed by atoms with Crippen LogP contribution in [0, 0.1) is 0 Å². The first-order chi connectivity index (χ1) is 12.7. The monoisotopic (exact) mass is 401 g/mol. The van der Waals surface area contributed by atoms with E-state index in [1.54, 1.807) is 26.0 Å². The molecular formula is C20H36NO5P. The molecule has 1 atom stereocenters. The molecule has 1 amide bonds. The molecular weight excluding hydrogens is 365 g/mol. The molecule has 0 radical (unpaired) electrons. The van der Waals surface area contributed by atoms with Crippen molar-refractivity contribution in [2.75, 3.05) is 0 Å². The molecule has 0 bridgehead atoms. The standard InChI is InChI=1S/C18H30NO5P.C2H6/c1-4-5-6-7-11-14-16(20)19-17(15-12-9-8-10-13-15)18(2,3)24-25(21,22)23;1-2/h8-10,12-13,17H,4-7,11,14H2,1-3H3,(H,19,20)(H2,21,22,23);1-2H3. The lowest BCUT2D eigenvalue weighted by molar-refractivity contribution is -0.123. The smallest absolute Gasteiger partial charge is 0.346 e. The summed E-state index contributed by atoms with van der Waals surface area (Å²) in [5.41, 5.74) is -0.529. The van der Waals surface area contributed by atoms with E-state index < -0.39 is 19.5 Å². The van der Waals surface area contributed by atoms with Crippen molar-refractivity contribution in [1.29, 1.82) is 0 Å². The molecule has 27 heavy (non-hydrogen) atoms. The Balaban J connectivity index is 0.00000326. The van der Waals surface area contributed by atoms with E-state index in [1.165, 1.54) is 0 Å². The average molecular weight is 401 g/mol. The Bertz CT molecular complexity index is 571. The third-order valence-electron chi connectivity index (χ3n) is 4.00. The molecule has 0 aliphatic rings. The van der Waals surface area contributed by atoms with Gasteiger partial charge >= 0.3 is 7.82 Å². The van der Waals surface area contributed by atoms with Crippen LogP contribution in [0.25, 0.3) is 0 Å². The molecule has 1 rings (SSSR count). The van der Waals surface area contributed by atoms with Crippen LogP contribution < -0.4 is 5.32 Å². The number of nitrogens with one attached hydrogen (secondary N) is 1. The fourth-order valence-corrected chi connectivity index (χ4v) is 3.50. The molecule has 0 saturated carbocycles. The fraction of sp³-hybridized carbons (Fsp3) is 0.650. The van der Waals surface area contributed by atoms with Gasteiger partial charge in [0, 0.05) is 6.42 Å². The number of hydrogen-bond donors (Lipinski definition) is 3. The lowest BCUT2D eigenvalue weighted by Crippen LogP contribution is -2.43. The topological polar surface area (TPSA) is 95.9 Å². The highest BCUT2D eigenvalue weighted by Crippen LogP contribution is 2.45. The second kappa shape index (κ2) is 13.1. The zero-order chi connectivity index (χ0) is 20.9.